The average molecular weight is 334 g/mol. The SMILES string of the molecule is Cc1nnc(CN=C(NCC2CCOCC2)NC2CCCC2)n1C. The van der Waals surface area contributed by atoms with Crippen LogP contribution in [0.5, 0.6) is 0 Å². The zero-order chi connectivity index (χ0) is 16.8. The molecule has 0 spiro atoms. The number of hydrogen-bond acceptors (Lipinski definition) is 4. The summed E-state index contributed by atoms with van der Waals surface area (Å²) in [6, 6.07) is 0.548. The topological polar surface area (TPSA) is 76.4 Å². The van der Waals surface area contributed by atoms with E-state index < -0.39 is 0 Å². The van der Waals surface area contributed by atoms with Crippen molar-refractivity contribution in [2.45, 2.75) is 58.0 Å². The average Bonchev–Trinajstić information content (AvgIpc) is 3.22. The molecule has 0 bridgehead atoms. The zero-order valence-electron chi connectivity index (χ0n) is 14.9. The van der Waals surface area contributed by atoms with Gasteiger partial charge in [-0.15, -0.1) is 10.2 Å². The summed E-state index contributed by atoms with van der Waals surface area (Å²) >= 11 is 0. The van der Waals surface area contributed by atoms with Gasteiger partial charge in [-0.25, -0.2) is 4.99 Å². The van der Waals surface area contributed by atoms with Crippen molar-refractivity contribution < 1.29 is 4.74 Å². The maximum absolute atomic E-state index is 5.44. The van der Waals surface area contributed by atoms with Crippen molar-refractivity contribution in [3.63, 3.8) is 0 Å². The zero-order valence-corrected chi connectivity index (χ0v) is 14.9. The van der Waals surface area contributed by atoms with Crippen LogP contribution in [-0.2, 0) is 18.3 Å². The lowest BCUT2D eigenvalue weighted by Crippen LogP contribution is -2.44. The second-order valence-electron chi connectivity index (χ2n) is 6.95. The standard InChI is InChI=1S/C17H30N6O/c1-13-21-22-16(23(13)2)12-19-17(20-15-5-3-4-6-15)18-11-14-7-9-24-10-8-14/h14-15H,3-12H2,1-2H3,(H2,18,19,20). The van der Waals surface area contributed by atoms with Crippen LogP contribution in [0.4, 0.5) is 0 Å². The number of guanidine groups is 1. The Bertz CT molecular complexity index is 543. The van der Waals surface area contributed by atoms with Crippen molar-refractivity contribution in [1.29, 1.82) is 0 Å². The molecule has 0 unspecified atom stereocenters. The largest absolute Gasteiger partial charge is 0.381 e. The number of nitrogens with one attached hydrogen (secondary N) is 2. The van der Waals surface area contributed by atoms with Crippen molar-refractivity contribution in [3.05, 3.63) is 11.6 Å². The van der Waals surface area contributed by atoms with Gasteiger partial charge in [0.25, 0.3) is 0 Å². The highest BCUT2D eigenvalue weighted by molar-refractivity contribution is 5.80. The van der Waals surface area contributed by atoms with E-state index in [1.807, 2.05) is 18.5 Å². The molecular weight excluding hydrogens is 304 g/mol. The van der Waals surface area contributed by atoms with Gasteiger partial charge >= 0.3 is 0 Å². The minimum atomic E-state index is 0.548. The molecule has 2 fully saturated rings. The Labute approximate surface area is 144 Å². The highest BCUT2D eigenvalue weighted by Crippen LogP contribution is 2.18. The molecule has 134 valence electrons. The van der Waals surface area contributed by atoms with Gasteiger partial charge in [0.2, 0.25) is 0 Å². The number of hydrogen-bond donors (Lipinski definition) is 2. The first kappa shape index (κ1) is 17.2. The number of nitrogens with zero attached hydrogens (tertiary/aromatic N) is 4. The third kappa shape index (κ3) is 4.69. The third-order valence-corrected chi connectivity index (χ3v) is 5.16. The predicted octanol–water partition coefficient (Wildman–Crippen LogP) is 1.53. The monoisotopic (exact) mass is 334 g/mol. The Morgan fingerprint density at radius 1 is 1.21 bits per heavy atom. The molecular formula is C17H30N6O. The van der Waals surface area contributed by atoms with Crippen LogP contribution < -0.4 is 10.6 Å². The summed E-state index contributed by atoms with van der Waals surface area (Å²) in [4.78, 5) is 4.76. The second kappa shape index (κ2) is 8.46. The molecule has 24 heavy (non-hydrogen) atoms. The van der Waals surface area contributed by atoms with Crippen LogP contribution in [0.2, 0.25) is 0 Å². The minimum Gasteiger partial charge on any atom is -0.381 e. The molecule has 3 rings (SSSR count). The molecule has 0 aromatic carbocycles. The van der Waals surface area contributed by atoms with E-state index >= 15 is 0 Å². The summed E-state index contributed by atoms with van der Waals surface area (Å²) in [7, 11) is 1.99. The molecule has 2 N–H and O–H groups in total. The molecule has 1 aliphatic heterocycles. The molecule has 1 saturated carbocycles. The normalized spacial score (nSPS) is 20.5. The van der Waals surface area contributed by atoms with E-state index in [1.54, 1.807) is 0 Å². The molecule has 1 aromatic rings. The molecule has 0 atom stereocenters. The third-order valence-electron chi connectivity index (χ3n) is 5.16. The van der Waals surface area contributed by atoms with Gasteiger partial charge in [0.15, 0.2) is 11.8 Å². The number of ether oxygens (including phenoxy) is 1. The molecule has 0 amide bonds. The lowest BCUT2D eigenvalue weighted by atomic mass is 10.0. The fourth-order valence-electron chi connectivity index (χ4n) is 3.35. The summed E-state index contributed by atoms with van der Waals surface area (Å²) in [5.74, 6) is 3.40. The summed E-state index contributed by atoms with van der Waals surface area (Å²) in [5, 5.41) is 15.4. The van der Waals surface area contributed by atoms with Gasteiger partial charge in [-0.3, -0.25) is 0 Å². The highest BCUT2D eigenvalue weighted by Gasteiger charge is 2.18. The minimum absolute atomic E-state index is 0.548. The number of rotatable bonds is 5. The number of aliphatic imine (C=N–C) groups is 1. The predicted molar refractivity (Wildman–Crippen MR) is 93.8 cm³/mol. The fourth-order valence-corrected chi connectivity index (χ4v) is 3.35. The second-order valence-corrected chi connectivity index (χ2v) is 6.95. The fraction of sp³-hybridized carbons (Fsp3) is 0.824. The van der Waals surface area contributed by atoms with Crippen molar-refractivity contribution in [3.8, 4) is 0 Å². The Kier molecular flexibility index (Phi) is 6.07. The van der Waals surface area contributed by atoms with Gasteiger partial charge in [0, 0.05) is 32.8 Å². The van der Waals surface area contributed by atoms with E-state index in [-0.39, 0.29) is 0 Å². The van der Waals surface area contributed by atoms with Crippen molar-refractivity contribution in [2.75, 3.05) is 19.8 Å². The summed E-state index contributed by atoms with van der Waals surface area (Å²) < 4.78 is 7.44. The van der Waals surface area contributed by atoms with Gasteiger partial charge in [-0.2, -0.15) is 0 Å². The van der Waals surface area contributed by atoms with Crippen LogP contribution in [0.15, 0.2) is 4.99 Å². The van der Waals surface area contributed by atoms with Crippen molar-refractivity contribution in [1.82, 2.24) is 25.4 Å². The van der Waals surface area contributed by atoms with Crippen LogP contribution >= 0.6 is 0 Å². The van der Waals surface area contributed by atoms with Crippen LogP contribution in [0, 0.1) is 12.8 Å². The van der Waals surface area contributed by atoms with Crippen LogP contribution in [0.25, 0.3) is 0 Å². The van der Waals surface area contributed by atoms with E-state index in [4.69, 9.17) is 9.73 Å². The molecule has 1 aliphatic carbocycles. The Balaban J connectivity index is 1.59. The summed E-state index contributed by atoms with van der Waals surface area (Å²) in [6.45, 7) is 5.23. The smallest absolute Gasteiger partial charge is 0.191 e. The van der Waals surface area contributed by atoms with Gasteiger partial charge in [-0.05, 0) is 38.5 Å². The Morgan fingerprint density at radius 2 is 1.96 bits per heavy atom. The van der Waals surface area contributed by atoms with Crippen LogP contribution in [0.1, 0.15) is 50.2 Å². The first-order chi connectivity index (χ1) is 11.7. The highest BCUT2D eigenvalue weighted by atomic mass is 16.5. The molecule has 7 nitrogen and oxygen atoms in total. The first-order valence-electron chi connectivity index (χ1n) is 9.20. The molecule has 0 radical (unpaired) electrons. The van der Waals surface area contributed by atoms with Gasteiger partial charge in [-0.1, -0.05) is 12.8 Å². The van der Waals surface area contributed by atoms with E-state index in [2.05, 4.69) is 20.8 Å². The lowest BCUT2D eigenvalue weighted by Gasteiger charge is -2.24. The molecule has 7 heteroatoms. The number of aromatic nitrogens is 3. The molecule has 2 aliphatic rings. The quantitative estimate of drug-likeness (QED) is 0.631. The summed E-state index contributed by atoms with van der Waals surface area (Å²) in [5.41, 5.74) is 0. The van der Waals surface area contributed by atoms with Crippen molar-refractivity contribution >= 4 is 5.96 Å². The number of aryl methyl sites for hydroxylation is 1. The van der Waals surface area contributed by atoms with E-state index in [0.717, 1.165) is 50.2 Å². The van der Waals surface area contributed by atoms with E-state index in [0.29, 0.717) is 18.5 Å². The maximum Gasteiger partial charge on any atom is 0.191 e. The van der Waals surface area contributed by atoms with Gasteiger partial charge in [0.1, 0.15) is 12.4 Å². The van der Waals surface area contributed by atoms with Crippen molar-refractivity contribution in [2.24, 2.45) is 18.0 Å². The Hall–Kier alpha value is -1.63. The van der Waals surface area contributed by atoms with E-state index in [1.165, 1.54) is 25.7 Å². The maximum atomic E-state index is 5.44. The summed E-state index contributed by atoms with van der Waals surface area (Å²) in [6.07, 6.45) is 7.36. The molecule has 1 aromatic heterocycles. The lowest BCUT2D eigenvalue weighted by molar-refractivity contribution is 0.0675. The van der Waals surface area contributed by atoms with Gasteiger partial charge in [0.05, 0.1) is 0 Å². The molecule has 2 heterocycles. The van der Waals surface area contributed by atoms with Crippen LogP contribution in [0.3, 0.4) is 0 Å². The van der Waals surface area contributed by atoms with E-state index in [9.17, 15) is 0 Å². The van der Waals surface area contributed by atoms with Gasteiger partial charge < -0.3 is 19.9 Å². The first-order valence-corrected chi connectivity index (χ1v) is 9.20. The molecule has 1 saturated heterocycles. The Morgan fingerprint density at radius 3 is 2.62 bits per heavy atom. The van der Waals surface area contributed by atoms with Crippen LogP contribution in [-0.4, -0.2) is 46.5 Å².